The molecule has 0 aromatic heterocycles. The minimum Gasteiger partial charge on any atom is -0.492 e. The topological polar surface area (TPSA) is 56.8 Å². The van der Waals surface area contributed by atoms with Gasteiger partial charge < -0.3 is 19.5 Å². The molecule has 0 saturated carbocycles. The summed E-state index contributed by atoms with van der Waals surface area (Å²) in [4.78, 5) is 11.8. The van der Waals surface area contributed by atoms with Crippen LogP contribution in [0.5, 0.6) is 17.2 Å². The van der Waals surface area contributed by atoms with E-state index in [1.54, 1.807) is 24.3 Å². The lowest BCUT2D eigenvalue weighted by atomic mass is 10.2. The molecule has 6 heteroatoms. The van der Waals surface area contributed by atoms with E-state index in [-0.39, 0.29) is 18.3 Å². The third kappa shape index (κ3) is 3.28. The molecular formula is C16H14FNO4. The fraction of sp³-hybridized carbons (Fsp3) is 0.188. The second-order valence-electron chi connectivity index (χ2n) is 4.63. The molecule has 5 nitrogen and oxygen atoms in total. The third-order valence-electron chi connectivity index (χ3n) is 3.09. The first-order chi connectivity index (χ1) is 10.7. The van der Waals surface area contributed by atoms with Gasteiger partial charge in [-0.3, -0.25) is 4.79 Å². The number of halogens is 1. The number of nitrogens with one attached hydrogen (secondary N) is 1. The van der Waals surface area contributed by atoms with E-state index in [1.165, 1.54) is 18.2 Å². The second kappa shape index (κ2) is 6.34. The smallest absolute Gasteiger partial charge is 0.251 e. The molecule has 0 aliphatic carbocycles. The summed E-state index contributed by atoms with van der Waals surface area (Å²) in [5.74, 6) is 1.18. The molecular weight excluding hydrogens is 289 g/mol. The van der Waals surface area contributed by atoms with Gasteiger partial charge >= 0.3 is 0 Å². The lowest BCUT2D eigenvalue weighted by Gasteiger charge is -2.08. The first-order valence-corrected chi connectivity index (χ1v) is 6.78. The van der Waals surface area contributed by atoms with Crippen LogP contribution in [0.2, 0.25) is 0 Å². The van der Waals surface area contributed by atoms with Gasteiger partial charge in [0.15, 0.2) is 11.5 Å². The van der Waals surface area contributed by atoms with Crippen LogP contribution in [0.15, 0.2) is 42.5 Å². The fourth-order valence-electron chi connectivity index (χ4n) is 2.03. The molecule has 1 heterocycles. The molecule has 1 aliphatic heterocycles. The Hall–Kier alpha value is -2.76. The summed E-state index contributed by atoms with van der Waals surface area (Å²) in [5.41, 5.74) is 0.281. The van der Waals surface area contributed by atoms with Gasteiger partial charge in [0.05, 0.1) is 6.54 Å². The highest BCUT2D eigenvalue weighted by Gasteiger charge is 2.13. The number of amides is 1. The van der Waals surface area contributed by atoms with E-state index in [9.17, 15) is 9.18 Å². The predicted molar refractivity (Wildman–Crippen MR) is 76.8 cm³/mol. The number of fused-ring (bicyclic) bond motifs is 1. The molecule has 0 atom stereocenters. The average Bonchev–Trinajstić information content (AvgIpc) is 2.99. The summed E-state index contributed by atoms with van der Waals surface area (Å²) in [6.45, 7) is 0.812. The number of benzene rings is 2. The van der Waals surface area contributed by atoms with Crippen LogP contribution in [0.1, 0.15) is 10.4 Å². The average molecular weight is 303 g/mol. The number of carbonyl (C=O) groups excluding carboxylic acids is 1. The summed E-state index contributed by atoms with van der Waals surface area (Å²) in [5, 5.41) is 2.66. The normalized spacial score (nSPS) is 12.0. The Kier molecular flexibility index (Phi) is 4.09. The van der Waals surface area contributed by atoms with E-state index >= 15 is 0 Å². The van der Waals surface area contributed by atoms with Crippen molar-refractivity contribution in [2.24, 2.45) is 0 Å². The van der Waals surface area contributed by atoms with E-state index in [2.05, 4.69) is 5.32 Å². The van der Waals surface area contributed by atoms with E-state index in [0.717, 1.165) is 0 Å². The van der Waals surface area contributed by atoms with Crippen molar-refractivity contribution in [1.29, 1.82) is 0 Å². The SMILES string of the molecule is O=C(NCCOc1ccc2c(c1)OCO2)c1cccc(F)c1. The van der Waals surface area contributed by atoms with E-state index < -0.39 is 5.82 Å². The van der Waals surface area contributed by atoms with Gasteiger partial charge in [-0.15, -0.1) is 0 Å². The molecule has 114 valence electrons. The summed E-state index contributed by atoms with van der Waals surface area (Å²) in [7, 11) is 0. The third-order valence-corrected chi connectivity index (χ3v) is 3.09. The van der Waals surface area contributed by atoms with E-state index in [1.807, 2.05) is 0 Å². The van der Waals surface area contributed by atoms with Crippen molar-refractivity contribution in [3.8, 4) is 17.2 Å². The maximum Gasteiger partial charge on any atom is 0.251 e. The first-order valence-electron chi connectivity index (χ1n) is 6.78. The minimum atomic E-state index is -0.441. The van der Waals surface area contributed by atoms with Gasteiger partial charge in [-0.05, 0) is 30.3 Å². The largest absolute Gasteiger partial charge is 0.492 e. The van der Waals surface area contributed by atoms with E-state index in [4.69, 9.17) is 14.2 Å². The first kappa shape index (κ1) is 14.2. The summed E-state index contributed by atoms with van der Waals surface area (Å²) < 4.78 is 29.0. The number of ether oxygens (including phenoxy) is 3. The molecule has 1 N–H and O–H groups in total. The summed E-state index contributed by atoms with van der Waals surface area (Å²) in [6, 6.07) is 10.8. The number of hydrogen-bond acceptors (Lipinski definition) is 4. The maximum absolute atomic E-state index is 13.0. The molecule has 2 aromatic carbocycles. The van der Waals surface area contributed by atoms with Crippen molar-refractivity contribution in [1.82, 2.24) is 5.32 Å². The zero-order chi connectivity index (χ0) is 15.4. The Balaban J connectivity index is 1.46. The fourth-order valence-corrected chi connectivity index (χ4v) is 2.03. The van der Waals surface area contributed by atoms with Crippen LogP contribution in [0.4, 0.5) is 4.39 Å². The Morgan fingerprint density at radius 2 is 2.05 bits per heavy atom. The van der Waals surface area contributed by atoms with Crippen LogP contribution in [-0.2, 0) is 0 Å². The molecule has 0 bridgehead atoms. The van der Waals surface area contributed by atoms with Crippen LogP contribution >= 0.6 is 0 Å². The highest BCUT2D eigenvalue weighted by atomic mass is 19.1. The lowest BCUT2D eigenvalue weighted by Crippen LogP contribution is -2.28. The lowest BCUT2D eigenvalue weighted by molar-refractivity contribution is 0.0946. The van der Waals surface area contributed by atoms with Gasteiger partial charge in [-0.25, -0.2) is 4.39 Å². The number of carbonyl (C=O) groups is 1. The van der Waals surface area contributed by atoms with Crippen LogP contribution in [0, 0.1) is 5.82 Å². The minimum absolute atomic E-state index is 0.211. The van der Waals surface area contributed by atoms with Crippen molar-refractivity contribution in [3.05, 3.63) is 53.8 Å². The molecule has 0 fully saturated rings. The molecule has 2 aromatic rings. The molecule has 1 aliphatic rings. The Morgan fingerprint density at radius 3 is 2.91 bits per heavy atom. The monoisotopic (exact) mass is 303 g/mol. The van der Waals surface area contributed by atoms with Crippen molar-refractivity contribution in [2.75, 3.05) is 19.9 Å². The van der Waals surface area contributed by atoms with Crippen LogP contribution in [0.25, 0.3) is 0 Å². The number of hydrogen-bond donors (Lipinski definition) is 1. The van der Waals surface area contributed by atoms with E-state index in [0.29, 0.717) is 30.4 Å². The Bertz CT molecular complexity index is 690. The molecule has 0 saturated heterocycles. The maximum atomic E-state index is 13.0. The van der Waals surface area contributed by atoms with Crippen LogP contribution in [-0.4, -0.2) is 25.9 Å². The van der Waals surface area contributed by atoms with Gasteiger partial charge in [0.2, 0.25) is 6.79 Å². The van der Waals surface area contributed by atoms with Crippen molar-refractivity contribution >= 4 is 5.91 Å². The molecule has 3 rings (SSSR count). The van der Waals surface area contributed by atoms with Gasteiger partial charge in [-0.1, -0.05) is 6.07 Å². The Morgan fingerprint density at radius 1 is 1.18 bits per heavy atom. The van der Waals surface area contributed by atoms with Crippen molar-refractivity contribution < 1.29 is 23.4 Å². The van der Waals surface area contributed by atoms with Gasteiger partial charge in [0.1, 0.15) is 18.2 Å². The van der Waals surface area contributed by atoms with Crippen molar-refractivity contribution in [3.63, 3.8) is 0 Å². The predicted octanol–water partition coefficient (Wildman–Crippen LogP) is 2.36. The summed E-state index contributed by atoms with van der Waals surface area (Å²) in [6.07, 6.45) is 0. The molecule has 0 unspecified atom stereocenters. The van der Waals surface area contributed by atoms with Gasteiger partial charge in [-0.2, -0.15) is 0 Å². The number of rotatable bonds is 5. The second-order valence-corrected chi connectivity index (χ2v) is 4.63. The van der Waals surface area contributed by atoms with Crippen LogP contribution in [0.3, 0.4) is 0 Å². The molecule has 0 radical (unpaired) electrons. The molecule has 1 amide bonds. The Labute approximate surface area is 126 Å². The molecule has 22 heavy (non-hydrogen) atoms. The van der Waals surface area contributed by atoms with Gasteiger partial charge in [0, 0.05) is 11.6 Å². The van der Waals surface area contributed by atoms with Gasteiger partial charge in [0.25, 0.3) is 5.91 Å². The highest BCUT2D eigenvalue weighted by Crippen LogP contribution is 2.34. The summed E-state index contributed by atoms with van der Waals surface area (Å²) >= 11 is 0. The van der Waals surface area contributed by atoms with Crippen molar-refractivity contribution in [2.45, 2.75) is 0 Å². The molecule has 0 spiro atoms. The van der Waals surface area contributed by atoms with Crippen LogP contribution < -0.4 is 19.5 Å². The standard InChI is InChI=1S/C16H14FNO4/c17-12-3-1-2-11(8-12)16(19)18-6-7-20-13-4-5-14-15(9-13)22-10-21-14/h1-5,8-9H,6-7,10H2,(H,18,19). The zero-order valence-electron chi connectivity index (χ0n) is 11.7. The quantitative estimate of drug-likeness (QED) is 0.862. The highest BCUT2D eigenvalue weighted by molar-refractivity contribution is 5.94. The zero-order valence-corrected chi connectivity index (χ0v) is 11.7.